The molecule has 1 atom stereocenters. The zero-order valence-electron chi connectivity index (χ0n) is 20.6. The van der Waals surface area contributed by atoms with Gasteiger partial charge < -0.3 is 20.3 Å². The number of hydrogen-bond donors (Lipinski definition) is 2. The van der Waals surface area contributed by atoms with Gasteiger partial charge in [0.05, 0.1) is 19.8 Å². The number of nitrogens with zero attached hydrogens (tertiary/aromatic N) is 6. The molecular formula is C23H43IN8O. The Labute approximate surface area is 216 Å². The van der Waals surface area contributed by atoms with E-state index in [2.05, 4.69) is 56.1 Å². The molecule has 188 valence electrons. The highest BCUT2D eigenvalue weighted by Crippen LogP contribution is 2.13. The fraction of sp³-hybridized carbons (Fsp3) is 0.783. The van der Waals surface area contributed by atoms with Gasteiger partial charge in [-0.2, -0.15) is 0 Å². The summed E-state index contributed by atoms with van der Waals surface area (Å²) in [6.45, 7) is 18.2. The first-order chi connectivity index (χ1) is 15.7. The van der Waals surface area contributed by atoms with Crippen LogP contribution in [0.25, 0.3) is 0 Å². The maximum Gasteiger partial charge on any atom is 0.225 e. The molecule has 0 aliphatic carbocycles. The van der Waals surface area contributed by atoms with E-state index in [4.69, 9.17) is 9.73 Å². The molecule has 2 fully saturated rings. The Morgan fingerprint density at radius 1 is 1.06 bits per heavy atom. The van der Waals surface area contributed by atoms with Gasteiger partial charge in [-0.25, -0.2) is 9.97 Å². The Bertz CT molecular complexity index is 664. The van der Waals surface area contributed by atoms with Crippen LogP contribution in [0.1, 0.15) is 27.2 Å². The lowest BCUT2D eigenvalue weighted by Crippen LogP contribution is -2.48. The molecule has 0 bridgehead atoms. The zero-order chi connectivity index (χ0) is 22.6. The third-order valence-electron chi connectivity index (χ3n) is 6.22. The van der Waals surface area contributed by atoms with Gasteiger partial charge in [0.15, 0.2) is 5.96 Å². The number of anilines is 1. The van der Waals surface area contributed by atoms with Crippen LogP contribution in [0.2, 0.25) is 0 Å². The normalized spacial score (nSPS) is 19.3. The van der Waals surface area contributed by atoms with Crippen molar-refractivity contribution in [1.29, 1.82) is 0 Å². The quantitative estimate of drug-likeness (QED) is 0.189. The van der Waals surface area contributed by atoms with Gasteiger partial charge in [-0.05, 0) is 31.9 Å². The Morgan fingerprint density at radius 2 is 1.76 bits per heavy atom. The Kier molecular flexibility index (Phi) is 13.3. The molecule has 0 amide bonds. The van der Waals surface area contributed by atoms with Crippen LogP contribution in [0.5, 0.6) is 0 Å². The van der Waals surface area contributed by atoms with Crippen molar-refractivity contribution in [2.75, 3.05) is 83.6 Å². The van der Waals surface area contributed by atoms with Gasteiger partial charge in [0.2, 0.25) is 5.95 Å². The monoisotopic (exact) mass is 574 g/mol. The minimum Gasteiger partial charge on any atom is -0.379 e. The van der Waals surface area contributed by atoms with Gasteiger partial charge in [0, 0.05) is 70.8 Å². The second-order valence-electron chi connectivity index (χ2n) is 8.84. The molecule has 0 spiro atoms. The van der Waals surface area contributed by atoms with E-state index in [0.717, 1.165) is 97.0 Å². The summed E-state index contributed by atoms with van der Waals surface area (Å²) in [5.74, 6) is 2.34. The number of aliphatic imine (C=N–C) groups is 1. The van der Waals surface area contributed by atoms with E-state index < -0.39 is 0 Å². The molecule has 2 saturated heterocycles. The maximum absolute atomic E-state index is 5.52. The molecule has 0 aromatic carbocycles. The van der Waals surface area contributed by atoms with Gasteiger partial charge in [-0.3, -0.25) is 14.8 Å². The topological polar surface area (TPSA) is 81.2 Å². The summed E-state index contributed by atoms with van der Waals surface area (Å²) in [6, 6.07) is 2.32. The van der Waals surface area contributed by atoms with E-state index in [-0.39, 0.29) is 24.0 Å². The number of nitrogens with one attached hydrogen (secondary N) is 2. The molecule has 2 N–H and O–H groups in total. The molecule has 2 aliphatic heterocycles. The summed E-state index contributed by atoms with van der Waals surface area (Å²) in [4.78, 5) is 21.0. The van der Waals surface area contributed by atoms with Gasteiger partial charge in [-0.15, -0.1) is 24.0 Å². The van der Waals surface area contributed by atoms with Crippen LogP contribution < -0.4 is 15.5 Å². The van der Waals surface area contributed by atoms with Crippen molar-refractivity contribution in [3.63, 3.8) is 0 Å². The summed E-state index contributed by atoms with van der Waals surface area (Å²) < 4.78 is 5.52. The van der Waals surface area contributed by atoms with Gasteiger partial charge in [0.1, 0.15) is 0 Å². The lowest BCUT2D eigenvalue weighted by molar-refractivity contribution is 0.00867. The molecule has 0 saturated carbocycles. The number of guanidine groups is 1. The predicted molar refractivity (Wildman–Crippen MR) is 146 cm³/mol. The van der Waals surface area contributed by atoms with Crippen LogP contribution in [-0.2, 0) is 4.74 Å². The first-order valence-electron chi connectivity index (χ1n) is 12.3. The van der Waals surface area contributed by atoms with E-state index in [0.29, 0.717) is 12.0 Å². The minimum atomic E-state index is 0. The molecule has 0 radical (unpaired) electrons. The lowest BCUT2D eigenvalue weighted by Gasteiger charge is -2.36. The van der Waals surface area contributed by atoms with Crippen molar-refractivity contribution >= 4 is 35.9 Å². The van der Waals surface area contributed by atoms with Crippen LogP contribution in [0.15, 0.2) is 23.5 Å². The lowest BCUT2D eigenvalue weighted by atomic mass is 10.0. The Balaban J connectivity index is 0.00000385. The molecule has 1 unspecified atom stereocenters. The van der Waals surface area contributed by atoms with Crippen molar-refractivity contribution in [1.82, 2.24) is 30.4 Å². The third-order valence-corrected chi connectivity index (χ3v) is 6.22. The van der Waals surface area contributed by atoms with Crippen molar-refractivity contribution in [3.8, 4) is 0 Å². The third kappa shape index (κ3) is 9.50. The van der Waals surface area contributed by atoms with Crippen LogP contribution >= 0.6 is 24.0 Å². The second kappa shape index (κ2) is 15.6. The number of hydrogen-bond acceptors (Lipinski definition) is 7. The highest BCUT2D eigenvalue weighted by molar-refractivity contribution is 14.0. The molecule has 2 aliphatic rings. The van der Waals surface area contributed by atoms with Crippen LogP contribution in [0.3, 0.4) is 0 Å². The number of piperazine rings is 1. The fourth-order valence-electron chi connectivity index (χ4n) is 4.32. The van der Waals surface area contributed by atoms with Gasteiger partial charge in [-0.1, -0.05) is 13.8 Å². The van der Waals surface area contributed by atoms with Gasteiger partial charge >= 0.3 is 0 Å². The van der Waals surface area contributed by atoms with E-state index in [1.807, 2.05) is 18.5 Å². The molecule has 33 heavy (non-hydrogen) atoms. The first-order valence-corrected chi connectivity index (χ1v) is 12.3. The van der Waals surface area contributed by atoms with E-state index in [9.17, 15) is 0 Å². The molecule has 3 rings (SSSR count). The van der Waals surface area contributed by atoms with E-state index in [1.54, 1.807) is 0 Å². The van der Waals surface area contributed by atoms with Crippen LogP contribution in [-0.4, -0.2) is 110 Å². The molecule has 3 heterocycles. The smallest absolute Gasteiger partial charge is 0.225 e. The average molecular weight is 575 g/mol. The highest BCUT2D eigenvalue weighted by atomic mass is 127. The summed E-state index contributed by atoms with van der Waals surface area (Å²) in [5.41, 5.74) is 0. The number of halogens is 1. The summed E-state index contributed by atoms with van der Waals surface area (Å²) in [5, 5.41) is 6.93. The zero-order valence-corrected chi connectivity index (χ0v) is 22.9. The number of rotatable bonds is 10. The highest BCUT2D eigenvalue weighted by Gasteiger charge is 2.23. The van der Waals surface area contributed by atoms with Crippen LogP contribution in [0.4, 0.5) is 5.95 Å². The second-order valence-corrected chi connectivity index (χ2v) is 8.84. The van der Waals surface area contributed by atoms with E-state index >= 15 is 0 Å². The molecule has 1 aromatic rings. The fourth-order valence-corrected chi connectivity index (χ4v) is 4.32. The number of ether oxygens (including phenoxy) is 1. The number of aromatic nitrogens is 2. The summed E-state index contributed by atoms with van der Waals surface area (Å²) in [6.07, 6.45) is 4.73. The Morgan fingerprint density at radius 3 is 2.39 bits per heavy atom. The van der Waals surface area contributed by atoms with Crippen molar-refractivity contribution in [2.45, 2.75) is 33.2 Å². The largest absolute Gasteiger partial charge is 0.379 e. The predicted octanol–water partition coefficient (Wildman–Crippen LogP) is 1.52. The van der Waals surface area contributed by atoms with Gasteiger partial charge in [0.25, 0.3) is 0 Å². The molecular weight excluding hydrogens is 531 g/mol. The average Bonchev–Trinajstić information content (AvgIpc) is 2.83. The van der Waals surface area contributed by atoms with Crippen LogP contribution in [0, 0.1) is 5.92 Å². The maximum atomic E-state index is 5.52. The standard InChI is InChI=1S/C23H42N8O.HI/c1-4-24-22(28-19-21(20(2)3)30-15-17-32-18-16-30)25-9-6-10-29-11-13-31(14-12-29)23-26-7-5-8-27-23;/h5,7-8,20-21H,4,6,9-19H2,1-3H3,(H2,24,25,28);1H. The van der Waals surface area contributed by atoms with Crippen molar-refractivity contribution < 1.29 is 4.74 Å². The number of morpholine rings is 1. The summed E-state index contributed by atoms with van der Waals surface area (Å²) in [7, 11) is 0. The SMILES string of the molecule is CCNC(=NCC(C(C)C)N1CCOCC1)NCCCN1CCN(c2ncccn2)CC1.I. The van der Waals surface area contributed by atoms with Crippen molar-refractivity contribution in [2.24, 2.45) is 10.9 Å². The Hall–Kier alpha value is -1.24. The first kappa shape index (κ1) is 28.0. The molecule has 9 nitrogen and oxygen atoms in total. The van der Waals surface area contributed by atoms with Crippen molar-refractivity contribution in [3.05, 3.63) is 18.5 Å². The molecule has 10 heteroatoms. The molecule has 1 aromatic heterocycles. The minimum absolute atomic E-state index is 0. The van der Waals surface area contributed by atoms with E-state index in [1.165, 1.54) is 0 Å². The summed E-state index contributed by atoms with van der Waals surface area (Å²) >= 11 is 0.